The van der Waals surface area contributed by atoms with Gasteiger partial charge in [-0.1, -0.05) is 11.6 Å². The molecule has 2 rings (SSSR count). The monoisotopic (exact) mass is 278 g/mol. The Labute approximate surface area is 117 Å². The predicted octanol–water partition coefficient (Wildman–Crippen LogP) is 1.91. The Kier molecular flexibility index (Phi) is 3.91. The summed E-state index contributed by atoms with van der Waals surface area (Å²) in [5, 5.41) is 9.16. The van der Waals surface area contributed by atoms with Gasteiger partial charge in [0.1, 0.15) is 17.0 Å². The van der Waals surface area contributed by atoms with Gasteiger partial charge in [0.05, 0.1) is 11.1 Å². The number of nitriles is 1. The molecule has 1 aliphatic rings. The van der Waals surface area contributed by atoms with Crippen molar-refractivity contribution in [1.29, 1.82) is 5.26 Å². The molecule has 0 atom stereocenters. The van der Waals surface area contributed by atoms with Gasteiger partial charge in [-0.05, 0) is 18.9 Å². The summed E-state index contributed by atoms with van der Waals surface area (Å²) in [6.45, 7) is 1.73. The Bertz CT molecular complexity index is 544. The van der Waals surface area contributed by atoms with Crippen molar-refractivity contribution in [2.75, 3.05) is 32.1 Å². The lowest BCUT2D eigenvalue weighted by Crippen LogP contribution is -2.27. The SMILES string of the molecule is CN(C)C(=O)c1cc(C#N)c(Cl)nc1N1CCCC1. The molecule has 1 fully saturated rings. The molecule has 100 valence electrons. The van der Waals surface area contributed by atoms with Crippen LogP contribution < -0.4 is 4.90 Å². The highest BCUT2D eigenvalue weighted by atomic mass is 35.5. The van der Waals surface area contributed by atoms with Crippen LogP contribution in [0.5, 0.6) is 0 Å². The van der Waals surface area contributed by atoms with Crippen LogP contribution in [0, 0.1) is 11.3 Å². The molecular weight excluding hydrogens is 264 g/mol. The highest BCUT2D eigenvalue weighted by Crippen LogP contribution is 2.27. The summed E-state index contributed by atoms with van der Waals surface area (Å²) in [7, 11) is 3.35. The van der Waals surface area contributed by atoms with Gasteiger partial charge >= 0.3 is 0 Å². The average Bonchev–Trinajstić information content (AvgIpc) is 2.91. The number of aromatic nitrogens is 1. The zero-order chi connectivity index (χ0) is 14.0. The Morgan fingerprint density at radius 1 is 1.47 bits per heavy atom. The predicted molar refractivity (Wildman–Crippen MR) is 73.4 cm³/mol. The van der Waals surface area contributed by atoms with Crippen molar-refractivity contribution in [3.63, 3.8) is 0 Å². The van der Waals surface area contributed by atoms with E-state index in [0.717, 1.165) is 25.9 Å². The Morgan fingerprint density at radius 2 is 2.11 bits per heavy atom. The zero-order valence-corrected chi connectivity index (χ0v) is 11.7. The average molecular weight is 279 g/mol. The first-order valence-electron chi connectivity index (χ1n) is 6.12. The summed E-state index contributed by atoms with van der Waals surface area (Å²) in [6, 6.07) is 3.50. The minimum Gasteiger partial charge on any atom is -0.356 e. The molecule has 5 nitrogen and oxygen atoms in total. The maximum absolute atomic E-state index is 12.2. The molecule has 1 aromatic heterocycles. The standard InChI is InChI=1S/C13H15ClN4O/c1-17(2)13(19)10-7-9(8-15)11(14)16-12(10)18-5-3-4-6-18/h7H,3-6H2,1-2H3. The van der Waals surface area contributed by atoms with Gasteiger partial charge in [0.15, 0.2) is 0 Å². The molecule has 1 aliphatic heterocycles. The summed E-state index contributed by atoms with van der Waals surface area (Å²) in [6.07, 6.45) is 2.16. The van der Waals surface area contributed by atoms with E-state index >= 15 is 0 Å². The summed E-state index contributed by atoms with van der Waals surface area (Å²) in [5.74, 6) is 0.419. The minimum atomic E-state index is -0.164. The van der Waals surface area contributed by atoms with Crippen molar-refractivity contribution in [1.82, 2.24) is 9.88 Å². The third kappa shape index (κ3) is 2.64. The summed E-state index contributed by atoms with van der Waals surface area (Å²) in [4.78, 5) is 20.0. The molecule has 0 N–H and O–H groups in total. The second-order valence-electron chi connectivity index (χ2n) is 4.70. The molecule has 2 heterocycles. The van der Waals surface area contributed by atoms with Crippen LogP contribution in [0.1, 0.15) is 28.8 Å². The second kappa shape index (κ2) is 5.45. The fraction of sp³-hybridized carbons (Fsp3) is 0.462. The molecule has 0 bridgehead atoms. The van der Waals surface area contributed by atoms with E-state index in [-0.39, 0.29) is 16.6 Å². The van der Waals surface area contributed by atoms with E-state index in [9.17, 15) is 4.79 Å². The van der Waals surface area contributed by atoms with Crippen LogP contribution in [0.3, 0.4) is 0 Å². The number of rotatable bonds is 2. The normalized spacial score (nSPS) is 14.3. The molecule has 1 amide bonds. The van der Waals surface area contributed by atoms with Crippen LogP contribution >= 0.6 is 11.6 Å². The molecule has 0 unspecified atom stereocenters. The van der Waals surface area contributed by atoms with Gasteiger partial charge in [-0.25, -0.2) is 4.98 Å². The number of nitrogens with zero attached hydrogens (tertiary/aromatic N) is 4. The number of carbonyl (C=O) groups is 1. The number of halogens is 1. The van der Waals surface area contributed by atoms with E-state index in [1.54, 1.807) is 14.1 Å². The van der Waals surface area contributed by atoms with Gasteiger partial charge in [0, 0.05) is 27.2 Å². The van der Waals surface area contributed by atoms with Gasteiger partial charge in [-0.15, -0.1) is 0 Å². The van der Waals surface area contributed by atoms with Crippen molar-refractivity contribution < 1.29 is 4.79 Å². The van der Waals surface area contributed by atoms with Crippen molar-refractivity contribution in [2.45, 2.75) is 12.8 Å². The van der Waals surface area contributed by atoms with E-state index in [2.05, 4.69) is 4.98 Å². The fourth-order valence-electron chi connectivity index (χ4n) is 2.13. The number of hydrogen-bond donors (Lipinski definition) is 0. The van der Waals surface area contributed by atoms with Crippen molar-refractivity contribution >= 4 is 23.3 Å². The van der Waals surface area contributed by atoms with Gasteiger partial charge in [-0.3, -0.25) is 4.79 Å². The lowest BCUT2D eigenvalue weighted by atomic mass is 10.1. The lowest BCUT2D eigenvalue weighted by molar-refractivity contribution is 0.0828. The molecule has 0 radical (unpaired) electrons. The lowest BCUT2D eigenvalue weighted by Gasteiger charge is -2.21. The Hall–Kier alpha value is -1.80. The minimum absolute atomic E-state index is 0.153. The smallest absolute Gasteiger partial charge is 0.257 e. The van der Waals surface area contributed by atoms with Gasteiger partial charge in [0.2, 0.25) is 0 Å². The van der Waals surface area contributed by atoms with Crippen LogP contribution in [0.25, 0.3) is 0 Å². The highest BCUT2D eigenvalue weighted by Gasteiger charge is 2.24. The number of amides is 1. The van der Waals surface area contributed by atoms with Crippen LogP contribution in [0.2, 0.25) is 5.15 Å². The van der Waals surface area contributed by atoms with E-state index in [0.29, 0.717) is 11.4 Å². The van der Waals surface area contributed by atoms with Gasteiger partial charge < -0.3 is 9.80 Å². The quantitative estimate of drug-likeness (QED) is 0.776. The first-order valence-corrected chi connectivity index (χ1v) is 6.49. The summed E-state index contributed by atoms with van der Waals surface area (Å²) in [5.41, 5.74) is 0.669. The second-order valence-corrected chi connectivity index (χ2v) is 5.06. The summed E-state index contributed by atoms with van der Waals surface area (Å²) >= 11 is 5.98. The van der Waals surface area contributed by atoms with E-state index < -0.39 is 0 Å². The van der Waals surface area contributed by atoms with Gasteiger partial charge in [-0.2, -0.15) is 5.26 Å². The maximum Gasteiger partial charge on any atom is 0.257 e. The topological polar surface area (TPSA) is 60.2 Å². The van der Waals surface area contributed by atoms with E-state index in [1.165, 1.54) is 11.0 Å². The molecule has 0 aromatic carbocycles. The van der Waals surface area contributed by atoms with Crippen molar-refractivity contribution in [3.05, 3.63) is 22.3 Å². The van der Waals surface area contributed by atoms with Crippen LogP contribution in [0.15, 0.2) is 6.07 Å². The number of carbonyl (C=O) groups excluding carboxylic acids is 1. The third-order valence-electron chi connectivity index (χ3n) is 3.12. The van der Waals surface area contributed by atoms with E-state index in [4.69, 9.17) is 16.9 Å². The molecular formula is C13H15ClN4O. The molecule has 1 aromatic rings. The Balaban J connectivity index is 2.53. The number of anilines is 1. The summed E-state index contributed by atoms with van der Waals surface area (Å²) < 4.78 is 0. The van der Waals surface area contributed by atoms with Crippen molar-refractivity contribution in [3.8, 4) is 6.07 Å². The molecule has 1 saturated heterocycles. The molecule has 0 aliphatic carbocycles. The molecule has 0 spiro atoms. The number of pyridine rings is 1. The molecule has 6 heteroatoms. The van der Waals surface area contributed by atoms with Gasteiger partial charge in [0.25, 0.3) is 5.91 Å². The Morgan fingerprint density at radius 3 is 2.63 bits per heavy atom. The largest absolute Gasteiger partial charge is 0.356 e. The maximum atomic E-state index is 12.2. The molecule has 0 saturated carbocycles. The number of hydrogen-bond acceptors (Lipinski definition) is 4. The van der Waals surface area contributed by atoms with Crippen LogP contribution in [-0.2, 0) is 0 Å². The fourth-order valence-corrected chi connectivity index (χ4v) is 2.31. The zero-order valence-electron chi connectivity index (χ0n) is 11.0. The van der Waals surface area contributed by atoms with E-state index in [1.807, 2.05) is 11.0 Å². The molecule has 19 heavy (non-hydrogen) atoms. The van der Waals surface area contributed by atoms with Crippen LogP contribution in [0.4, 0.5) is 5.82 Å². The first kappa shape index (κ1) is 13.6. The van der Waals surface area contributed by atoms with Crippen molar-refractivity contribution in [2.24, 2.45) is 0 Å². The highest BCUT2D eigenvalue weighted by molar-refractivity contribution is 6.30. The first-order chi connectivity index (χ1) is 9.04. The third-order valence-corrected chi connectivity index (χ3v) is 3.41. The van der Waals surface area contributed by atoms with Crippen LogP contribution in [-0.4, -0.2) is 43.0 Å².